The summed E-state index contributed by atoms with van der Waals surface area (Å²) in [5, 5.41) is 4.89. The molecule has 2 N–H and O–H groups in total. The van der Waals surface area contributed by atoms with E-state index >= 15 is 0 Å². The number of amides is 4. The van der Waals surface area contributed by atoms with Crippen molar-refractivity contribution < 1.29 is 23.9 Å². The van der Waals surface area contributed by atoms with Gasteiger partial charge in [0, 0.05) is 0 Å². The number of fused-ring (bicyclic) bond motifs is 24. The molecule has 4 aliphatic heterocycles. The Hall–Kier alpha value is -3.32. The molecule has 2 saturated carbocycles. The largest absolute Gasteiger partial charge is 0.374 e. The molecule has 8 unspecified atom stereocenters. The molecule has 4 amide bonds. The summed E-state index contributed by atoms with van der Waals surface area (Å²) in [6.07, 6.45) is 2.58. The summed E-state index contributed by atoms with van der Waals surface area (Å²) in [6.45, 7) is 0. The molecule has 10 rings (SSSR count). The number of hydrogen-bond donors (Lipinski definition) is 2. The maximum Gasteiger partial charge on any atom is 0.258 e. The number of imide groups is 2. The Bertz CT molecular complexity index is 1320. The van der Waals surface area contributed by atoms with Crippen LogP contribution in [0.4, 0.5) is 0 Å². The summed E-state index contributed by atoms with van der Waals surface area (Å²) in [7, 11) is 0. The van der Waals surface area contributed by atoms with Crippen LogP contribution in [0, 0.1) is 23.7 Å². The van der Waals surface area contributed by atoms with Crippen molar-refractivity contribution in [3.8, 4) is 0 Å². The number of nitrogens with one attached hydrogen (secondary N) is 2. The minimum atomic E-state index is -0.281. The zero-order valence-electron chi connectivity index (χ0n) is 18.5. The molecular weight excluding hydrogens is 444 g/mol. The Kier molecular flexibility index (Phi) is 2.71. The van der Waals surface area contributed by atoms with Gasteiger partial charge in [-0.1, -0.05) is 0 Å². The monoisotopic (exact) mass is 464 g/mol. The maximum atomic E-state index is 12.3. The molecule has 172 valence electrons. The number of hydrogen-bond acceptors (Lipinski definition) is 5. The summed E-state index contributed by atoms with van der Waals surface area (Å²) in [5.41, 5.74) is 7.11. The first kappa shape index (κ1) is 18.0. The molecule has 8 aliphatic rings. The number of carbonyl (C=O) groups is 4. The standard InChI is InChI=1S/C28H20N2O5/c31-25-15-1-7-8(2-16(15)26(32)29-25)12-5-11(7)19-20(12)24-22-14-6-13(21(22)23(19)35-24)9-3-17-18(4-10(9)14)28(34)30-27(17)33/h1-4,11-14,19-24H,5-6H2,(H,29,31,32)(H,30,33,34). The fourth-order valence-electron chi connectivity index (χ4n) is 10.2. The van der Waals surface area contributed by atoms with Crippen molar-refractivity contribution in [2.24, 2.45) is 23.7 Å². The highest BCUT2D eigenvalue weighted by Crippen LogP contribution is 2.76. The second-order valence-electron chi connectivity index (χ2n) is 11.9. The van der Waals surface area contributed by atoms with E-state index in [0.29, 0.717) is 69.6 Å². The number of carbonyl (C=O) groups excluding carboxylic acids is 4. The van der Waals surface area contributed by atoms with E-state index < -0.39 is 0 Å². The van der Waals surface area contributed by atoms with Gasteiger partial charge >= 0.3 is 0 Å². The molecule has 2 aromatic rings. The van der Waals surface area contributed by atoms with Crippen molar-refractivity contribution >= 4 is 23.6 Å². The zero-order valence-corrected chi connectivity index (χ0v) is 18.5. The zero-order chi connectivity index (χ0) is 23.1. The summed E-state index contributed by atoms with van der Waals surface area (Å²) >= 11 is 0. The lowest BCUT2D eigenvalue weighted by Crippen LogP contribution is -2.43. The quantitative estimate of drug-likeness (QED) is 0.584. The van der Waals surface area contributed by atoms with Crippen molar-refractivity contribution in [1.29, 1.82) is 0 Å². The molecule has 4 aliphatic carbocycles. The van der Waals surface area contributed by atoms with Gasteiger partial charge in [0.1, 0.15) is 0 Å². The van der Waals surface area contributed by atoms with Gasteiger partial charge < -0.3 is 4.74 Å². The third-order valence-electron chi connectivity index (χ3n) is 11.1. The van der Waals surface area contributed by atoms with Crippen LogP contribution in [0.5, 0.6) is 0 Å². The van der Waals surface area contributed by atoms with E-state index in [-0.39, 0.29) is 35.8 Å². The molecule has 7 nitrogen and oxygen atoms in total. The molecule has 8 atom stereocenters. The van der Waals surface area contributed by atoms with Gasteiger partial charge in [0.2, 0.25) is 0 Å². The minimum absolute atomic E-state index is 0.203. The van der Waals surface area contributed by atoms with Crippen LogP contribution < -0.4 is 10.6 Å². The van der Waals surface area contributed by atoms with Crippen LogP contribution in [-0.2, 0) is 4.74 Å². The van der Waals surface area contributed by atoms with Gasteiger partial charge in [-0.15, -0.1) is 0 Å². The first-order valence-electron chi connectivity index (χ1n) is 12.7. The smallest absolute Gasteiger partial charge is 0.258 e. The van der Waals surface area contributed by atoms with Gasteiger partial charge in [-0.25, -0.2) is 0 Å². The number of rotatable bonds is 0. The summed E-state index contributed by atoms with van der Waals surface area (Å²) in [6, 6.07) is 7.96. The van der Waals surface area contributed by atoms with E-state index in [1.807, 2.05) is 24.3 Å². The Balaban J connectivity index is 1.08. The fraction of sp³-hybridized carbons (Fsp3) is 0.429. The molecule has 6 bridgehead atoms. The first-order valence-corrected chi connectivity index (χ1v) is 12.7. The summed E-state index contributed by atoms with van der Waals surface area (Å²) in [4.78, 5) is 49.2. The van der Waals surface area contributed by atoms with Crippen molar-refractivity contribution in [2.45, 2.75) is 48.7 Å². The summed E-state index contributed by atoms with van der Waals surface area (Å²) in [5.74, 6) is 2.23. The predicted octanol–water partition coefficient (Wildman–Crippen LogP) is 2.57. The topological polar surface area (TPSA) is 102 Å². The molecular formula is C28H20N2O5. The Morgan fingerprint density at radius 3 is 1.09 bits per heavy atom. The third-order valence-corrected chi connectivity index (χ3v) is 11.1. The van der Waals surface area contributed by atoms with E-state index in [1.54, 1.807) is 0 Å². The molecule has 35 heavy (non-hydrogen) atoms. The molecule has 4 heterocycles. The van der Waals surface area contributed by atoms with Gasteiger partial charge in [-0.3, -0.25) is 29.8 Å². The third kappa shape index (κ3) is 1.73. The average molecular weight is 464 g/mol. The second-order valence-corrected chi connectivity index (χ2v) is 11.9. The number of benzene rings is 2. The lowest BCUT2D eigenvalue weighted by Gasteiger charge is -2.43. The second kappa shape index (κ2) is 5.26. The van der Waals surface area contributed by atoms with Crippen molar-refractivity contribution in [3.05, 3.63) is 68.8 Å². The lowest BCUT2D eigenvalue weighted by molar-refractivity contribution is 0.0535. The highest BCUT2D eigenvalue weighted by Gasteiger charge is 2.73. The van der Waals surface area contributed by atoms with Crippen LogP contribution in [0.15, 0.2) is 24.3 Å². The van der Waals surface area contributed by atoms with Crippen molar-refractivity contribution in [2.75, 3.05) is 0 Å². The molecule has 4 fully saturated rings. The van der Waals surface area contributed by atoms with Crippen LogP contribution in [0.25, 0.3) is 0 Å². The molecule has 0 radical (unpaired) electrons. The van der Waals surface area contributed by atoms with E-state index in [9.17, 15) is 19.2 Å². The van der Waals surface area contributed by atoms with E-state index in [0.717, 1.165) is 12.8 Å². The summed E-state index contributed by atoms with van der Waals surface area (Å²) < 4.78 is 6.82. The predicted molar refractivity (Wildman–Crippen MR) is 119 cm³/mol. The van der Waals surface area contributed by atoms with E-state index in [1.165, 1.54) is 22.3 Å². The molecule has 7 heteroatoms. The SMILES string of the molecule is O=C1NC(=O)c2cc3c(cc21)C1CC3C2C3OC(C12)C1C2CC(c4cc5c(cc42)C(=O)NC5=O)C31. The lowest BCUT2D eigenvalue weighted by atomic mass is 9.58. The Labute approximate surface area is 199 Å². The highest BCUT2D eigenvalue weighted by atomic mass is 16.5. The minimum Gasteiger partial charge on any atom is -0.374 e. The van der Waals surface area contributed by atoms with Crippen LogP contribution in [-0.4, -0.2) is 35.8 Å². The van der Waals surface area contributed by atoms with Gasteiger partial charge in [0.25, 0.3) is 23.6 Å². The van der Waals surface area contributed by atoms with E-state index in [4.69, 9.17) is 4.74 Å². The van der Waals surface area contributed by atoms with Crippen LogP contribution in [0.2, 0.25) is 0 Å². The Morgan fingerprint density at radius 1 is 0.514 bits per heavy atom. The van der Waals surface area contributed by atoms with Gasteiger partial charge in [-0.2, -0.15) is 0 Å². The molecule has 0 spiro atoms. The van der Waals surface area contributed by atoms with Crippen molar-refractivity contribution in [1.82, 2.24) is 10.6 Å². The molecule has 2 saturated heterocycles. The molecule has 0 aromatic heterocycles. The maximum absolute atomic E-state index is 12.3. The van der Waals surface area contributed by atoms with Gasteiger partial charge in [0.15, 0.2) is 0 Å². The average Bonchev–Trinajstić information content (AvgIpc) is 3.68. The van der Waals surface area contributed by atoms with Crippen LogP contribution in [0.3, 0.4) is 0 Å². The fourth-order valence-corrected chi connectivity index (χ4v) is 10.2. The first-order chi connectivity index (χ1) is 17.0. The normalized spacial score (nSPS) is 43.2. The highest BCUT2D eigenvalue weighted by molar-refractivity contribution is 6.22. The molecule has 2 aromatic carbocycles. The number of ether oxygens (including phenoxy) is 1. The van der Waals surface area contributed by atoms with Crippen LogP contribution >= 0.6 is 0 Å². The van der Waals surface area contributed by atoms with Gasteiger partial charge in [0.05, 0.1) is 34.5 Å². The van der Waals surface area contributed by atoms with Crippen molar-refractivity contribution in [3.63, 3.8) is 0 Å². The van der Waals surface area contributed by atoms with E-state index in [2.05, 4.69) is 10.6 Å². The van der Waals surface area contributed by atoms with Crippen LogP contribution in [0.1, 0.15) is 100 Å². The van der Waals surface area contributed by atoms with Gasteiger partial charge in [-0.05, 0) is 107 Å². The Morgan fingerprint density at radius 2 is 0.800 bits per heavy atom.